The van der Waals surface area contributed by atoms with Gasteiger partial charge >= 0.3 is 0 Å². The van der Waals surface area contributed by atoms with Crippen molar-refractivity contribution >= 4 is 22.3 Å². The highest BCUT2D eigenvalue weighted by molar-refractivity contribution is 7.15. The van der Waals surface area contributed by atoms with E-state index in [1.54, 1.807) is 18.3 Å². The number of anilines is 1. The molecule has 2 heterocycles. The summed E-state index contributed by atoms with van der Waals surface area (Å²) in [4.78, 5) is 19.0. The van der Waals surface area contributed by atoms with Crippen LogP contribution in [0.1, 0.15) is 30.3 Å². The first-order chi connectivity index (χ1) is 8.15. The van der Waals surface area contributed by atoms with Gasteiger partial charge in [0.05, 0.1) is 5.69 Å². The van der Waals surface area contributed by atoms with E-state index >= 15 is 0 Å². The summed E-state index contributed by atoms with van der Waals surface area (Å²) in [6.07, 6.45) is 3.70. The molecule has 2 N–H and O–H groups in total. The van der Waals surface area contributed by atoms with Crippen molar-refractivity contribution in [2.75, 3.05) is 25.4 Å². The van der Waals surface area contributed by atoms with E-state index in [1.807, 2.05) is 0 Å². The number of Topliss-reactive ketones (excluding diaryl/α,β-unsaturated/α-hetero) is 1. The zero-order valence-corrected chi connectivity index (χ0v) is 11.1. The Hall–Kier alpha value is -0.940. The van der Waals surface area contributed by atoms with Crippen molar-refractivity contribution in [3.05, 3.63) is 10.6 Å². The lowest BCUT2D eigenvalue weighted by Crippen LogP contribution is -2.27. The lowest BCUT2D eigenvalue weighted by molar-refractivity contribution is -0.117. The molecule has 5 heteroatoms. The number of nitrogens with two attached hydrogens (primary N) is 1. The highest BCUT2D eigenvalue weighted by Gasteiger charge is 2.17. The molecule has 0 bridgehead atoms. The SMILES string of the molecule is CC(=O)CCCN1CCc2nc(N)sc2CC1. The Kier molecular flexibility index (Phi) is 4.12. The van der Waals surface area contributed by atoms with Crippen molar-refractivity contribution in [2.45, 2.75) is 32.6 Å². The summed E-state index contributed by atoms with van der Waals surface area (Å²) in [6.45, 7) is 4.78. The fraction of sp³-hybridized carbons (Fsp3) is 0.667. The quantitative estimate of drug-likeness (QED) is 0.883. The van der Waals surface area contributed by atoms with E-state index < -0.39 is 0 Å². The number of hydrogen-bond acceptors (Lipinski definition) is 5. The second-order valence-corrected chi connectivity index (χ2v) is 5.68. The molecule has 0 unspecified atom stereocenters. The first kappa shape index (κ1) is 12.5. The van der Waals surface area contributed by atoms with Crippen LogP contribution in [0, 0.1) is 0 Å². The maximum atomic E-state index is 10.9. The van der Waals surface area contributed by atoms with Crippen LogP contribution in [0.4, 0.5) is 5.13 Å². The van der Waals surface area contributed by atoms with Crippen molar-refractivity contribution in [1.82, 2.24) is 9.88 Å². The van der Waals surface area contributed by atoms with Gasteiger partial charge in [0.15, 0.2) is 5.13 Å². The lowest BCUT2D eigenvalue weighted by Gasteiger charge is -2.18. The van der Waals surface area contributed by atoms with Crippen LogP contribution in [0.2, 0.25) is 0 Å². The lowest BCUT2D eigenvalue weighted by atomic mass is 10.2. The molecule has 0 atom stereocenters. The molecule has 1 aliphatic heterocycles. The van der Waals surface area contributed by atoms with Gasteiger partial charge in [-0.15, -0.1) is 11.3 Å². The van der Waals surface area contributed by atoms with E-state index in [9.17, 15) is 4.79 Å². The molecule has 17 heavy (non-hydrogen) atoms. The zero-order valence-electron chi connectivity index (χ0n) is 10.2. The molecular formula is C12H19N3OS. The van der Waals surface area contributed by atoms with Crippen LogP contribution < -0.4 is 5.73 Å². The second kappa shape index (κ2) is 5.60. The Labute approximate surface area is 106 Å². The molecule has 0 amide bonds. The van der Waals surface area contributed by atoms with Gasteiger partial charge in [-0.05, 0) is 26.3 Å². The van der Waals surface area contributed by atoms with Crippen LogP contribution >= 0.6 is 11.3 Å². The number of thiazole rings is 1. The summed E-state index contributed by atoms with van der Waals surface area (Å²) in [7, 11) is 0. The average Bonchev–Trinajstić information content (AvgIpc) is 2.52. The molecule has 0 aliphatic carbocycles. The fourth-order valence-electron chi connectivity index (χ4n) is 2.20. The molecule has 0 spiro atoms. The van der Waals surface area contributed by atoms with Gasteiger partial charge in [-0.2, -0.15) is 0 Å². The van der Waals surface area contributed by atoms with Gasteiger partial charge in [-0.3, -0.25) is 0 Å². The Bertz CT molecular complexity index is 377. The van der Waals surface area contributed by atoms with E-state index in [2.05, 4.69) is 9.88 Å². The summed E-state index contributed by atoms with van der Waals surface area (Å²) >= 11 is 1.62. The first-order valence-corrected chi connectivity index (χ1v) is 6.92. The third-order valence-electron chi connectivity index (χ3n) is 3.12. The minimum absolute atomic E-state index is 0.286. The topological polar surface area (TPSA) is 59.2 Å². The number of nitrogens with zero attached hydrogens (tertiary/aromatic N) is 2. The van der Waals surface area contributed by atoms with Gasteiger partial charge in [0.2, 0.25) is 0 Å². The number of carbonyl (C=O) groups excluding carboxylic acids is 1. The van der Waals surface area contributed by atoms with E-state index in [-0.39, 0.29) is 5.78 Å². The average molecular weight is 253 g/mol. The number of ketones is 1. The Morgan fingerprint density at radius 2 is 2.24 bits per heavy atom. The summed E-state index contributed by atoms with van der Waals surface area (Å²) < 4.78 is 0. The molecule has 2 rings (SSSR count). The largest absolute Gasteiger partial charge is 0.375 e. The third-order valence-corrected chi connectivity index (χ3v) is 4.10. The van der Waals surface area contributed by atoms with Crippen LogP contribution in [-0.2, 0) is 17.6 Å². The van der Waals surface area contributed by atoms with Gasteiger partial charge in [0.1, 0.15) is 5.78 Å². The van der Waals surface area contributed by atoms with Gasteiger partial charge in [-0.25, -0.2) is 4.98 Å². The number of hydrogen-bond donors (Lipinski definition) is 1. The number of aromatic nitrogens is 1. The standard InChI is InChI=1S/C12H19N3OS/c1-9(16)3-2-6-15-7-4-10-11(5-8-15)17-12(13)14-10/h2-8H2,1H3,(H2,13,14). The van der Waals surface area contributed by atoms with Crippen molar-refractivity contribution < 1.29 is 4.79 Å². The van der Waals surface area contributed by atoms with Crippen LogP contribution in [-0.4, -0.2) is 35.3 Å². The van der Waals surface area contributed by atoms with Crippen LogP contribution in [0.15, 0.2) is 0 Å². The van der Waals surface area contributed by atoms with Gasteiger partial charge in [0, 0.05) is 30.8 Å². The normalized spacial score (nSPS) is 16.5. The molecule has 0 fully saturated rings. The van der Waals surface area contributed by atoms with Gasteiger partial charge < -0.3 is 15.4 Å². The van der Waals surface area contributed by atoms with Crippen LogP contribution in [0.3, 0.4) is 0 Å². The Balaban J connectivity index is 1.83. The fourth-order valence-corrected chi connectivity index (χ4v) is 3.07. The number of carbonyl (C=O) groups is 1. The predicted molar refractivity (Wildman–Crippen MR) is 70.3 cm³/mol. The maximum Gasteiger partial charge on any atom is 0.180 e. The van der Waals surface area contributed by atoms with Crippen molar-refractivity contribution in [1.29, 1.82) is 0 Å². The number of rotatable bonds is 4. The van der Waals surface area contributed by atoms with Crippen LogP contribution in [0.5, 0.6) is 0 Å². The summed E-state index contributed by atoms with van der Waals surface area (Å²) in [5.41, 5.74) is 6.90. The molecule has 1 aliphatic rings. The predicted octanol–water partition coefficient (Wildman–Crippen LogP) is 1.50. The molecule has 0 saturated carbocycles. The summed E-state index contributed by atoms with van der Waals surface area (Å²) in [5, 5.41) is 0.694. The molecular weight excluding hydrogens is 234 g/mol. The number of fused-ring (bicyclic) bond motifs is 1. The highest BCUT2D eigenvalue weighted by atomic mass is 32.1. The Morgan fingerprint density at radius 1 is 1.47 bits per heavy atom. The first-order valence-electron chi connectivity index (χ1n) is 6.11. The smallest absolute Gasteiger partial charge is 0.180 e. The second-order valence-electron chi connectivity index (χ2n) is 4.57. The van der Waals surface area contributed by atoms with E-state index in [1.165, 1.54) is 10.6 Å². The zero-order chi connectivity index (χ0) is 12.3. The minimum atomic E-state index is 0.286. The van der Waals surface area contributed by atoms with Crippen molar-refractivity contribution in [2.24, 2.45) is 0 Å². The van der Waals surface area contributed by atoms with E-state index in [0.717, 1.165) is 38.9 Å². The highest BCUT2D eigenvalue weighted by Crippen LogP contribution is 2.24. The Morgan fingerprint density at radius 3 is 3.00 bits per heavy atom. The van der Waals surface area contributed by atoms with Crippen molar-refractivity contribution in [3.63, 3.8) is 0 Å². The molecule has 4 nitrogen and oxygen atoms in total. The van der Waals surface area contributed by atoms with Crippen LogP contribution in [0.25, 0.3) is 0 Å². The summed E-state index contributed by atoms with van der Waals surface area (Å²) in [6, 6.07) is 0. The third kappa shape index (κ3) is 3.51. The van der Waals surface area contributed by atoms with Gasteiger partial charge in [-0.1, -0.05) is 0 Å². The monoisotopic (exact) mass is 253 g/mol. The minimum Gasteiger partial charge on any atom is -0.375 e. The van der Waals surface area contributed by atoms with Crippen molar-refractivity contribution in [3.8, 4) is 0 Å². The molecule has 1 aromatic rings. The van der Waals surface area contributed by atoms with E-state index in [4.69, 9.17) is 5.73 Å². The number of nitrogen functional groups attached to an aromatic ring is 1. The molecule has 94 valence electrons. The molecule has 0 radical (unpaired) electrons. The molecule has 0 saturated heterocycles. The van der Waals surface area contributed by atoms with Gasteiger partial charge in [0.25, 0.3) is 0 Å². The van der Waals surface area contributed by atoms with E-state index in [0.29, 0.717) is 11.6 Å². The maximum absolute atomic E-state index is 10.9. The summed E-state index contributed by atoms with van der Waals surface area (Å²) in [5.74, 6) is 0.286. The molecule has 1 aromatic heterocycles. The molecule has 0 aromatic carbocycles.